The van der Waals surface area contributed by atoms with Crippen LogP contribution in [0.25, 0.3) is 0 Å². The first-order valence-corrected chi connectivity index (χ1v) is 13.3. The van der Waals surface area contributed by atoms with Gasteiger partial charge in [-0.05, 0) is 50.6 Å². The van der Waals surface area contributed by atoms with Gasteiger partial charge in [-0.3, -0.25) is 13.9 Å². The summed E-state index contributed by atoms with van der Waals surface area (Å²) < 4.78 is 65.5. The lowest BCUT2D eigenvalue weighted by Crippen LogP contribution is -2.52. The van der Waals surface area contributed by atoms with Crippen LogP contribution in [0.1, 0.15) is 31.9 Å². The number of rotatable bonds is 9. The van der Waals surface area contributed by atoms with Gasteiger partial charge in [0.25, 0.3) is 0 Å². The summed E-state index contributed by atoms with van der Waals surface area (Å²) in [6, 6.07) is 7.44. The zero-order valence-electron chi connectivity index (χ0n) is 19.9. The molecule has 2 aromatic rings. The standard InChI is InChI=1S/C23H26Cl2F3N3O4S/c1-14(2)29-22(33)15(3)30(12-16-7-5-6-8-18(16)24)21(32)13-31(36(4,34)35)20-11-17(23(26,27)28)9-10-19(20)25/h5-11,14-15H,12-13H2,1-4H3,(H,29,33). The third kappa shape index (κ3) is 7.75. The summed E-state index contributed by atoms with van der Waals surface area (Å²) in [5, 5.41) is 2.69. The Hall–Kier alpha value is -2.50. The molecule has 0 aliphatic heterocycles. The lowest BCUT2D eigenvalue weighted by atomic mass is 10.1. The largest absolute Gasteiger partial charge is 0.416 e. The van der Waals surface area contributed by atoms with E-state index in [0.717, 1.165) is 17.2 Å². The van der Waals surface area contributed by atoms with Crippen LogP contribution in [0.3, 0.4) is 0 Å². The Morgan fingerprint density at radius 3 is 2.17 bits per heavy atom. The molecule has 0 fully saturated rings. The number of benzene rings is 2. The molecule has 0 radical (unpaired) electrons. The highest BCUT2D eigenvalue weighted by Crippen LogP contribution is 2.36. The van der Waals surface area contributed by atoms with Crippen molar-refractivity contribution in [1.29, 1.82) is 0 Å². The third-order valence-corrected chi connectivity index (χ3v) is 6.93. The number of carbonyl (C=O) groups is 2. The van der Waals surface area contributed by atoms with Gasteiger partial charge < -0.3 is 10.2 Å². The summed E-state index contributed by atoms with van der Waals surface area (Å²) in [5.41, 5.74) is -1.17. The molecule has 1 atom stereocenters. The number of anilines is 1. The van der Waals surface area contributed by atoms with Gasteiger partial charge in [0, 0.05) is 17.6 Å². The van der Waals surface area contributed by atoms with E-state index in [-0.39, 0.29) is 17.6 Å². The number of alkyl halides is 3. The Balaban J connectivity index is 2.52. The van der Waals surface area contributed by atoms with Gasteiger partial charge in [0.05, 0.1) is 22.5 Å². The van der Waals surface area contributed by atoms with E-state index in [2.05, 4.69) is 5.32 Å². The quantitative estimate of drug-likeness (QED) is 0.475. The minimum Gasteiger partial charge on any atom is -0.352 e. The second kappa shape index (κ2) is 11.7. The van der Waals surface area contributed by atoms with Crippen LogP contribution in [0, 0.1) is 0 Å². The normalized spacial score (nSPS) is 12.8. The molecule has 0 saturated carbocycles. The van der Waals surface area contributed by atoms with E-state index in [1.165, 1.54) is 6.92 Å². The summed E-state index contributed by atoms with van der Waals surface area (Å²) in [6.07, 6.45) is -4.03. The molecule has 36 heavy (non-hydrogen) atoms. The van der Waals surface area contributed by atoms with Crippen molar-refractivity contribution in [3.05, 3.63) is 63.6 Å². The monoisotopic (exact) mass is 567 g/mol. The number of nitrogens with zero attached hydrogens (tertiary/aromatic N) is 2. The molecule has 2 aromatic carbocycles. The topological polar surface area (TPSA) is 86.8 Å². The maximum atomic E-state index is 13.4. The van der Waals surface area contributed by atoms with Gasteiger partial charge in [0.2, 0.25) is 21.8 Å². The van der Waals surface area contributed by atoms with Crippen LogP contribution in [0.15, 0.2) is 42.5 Å². The summed E-state index contributed by atoms with van der Waals surface area (Å²) in [7, 11) is -4.27. The maximum Gasteiger partial charge on any atom is 0.416 e. The van der Waals surface area contributed by atoms with E-state index in [1.54, 1.807) is 38.1 Å². The minimum absolute atomic E-state index is 0.154. The summed E-state index contributed by atoms with van der Waals surface area (Å²) >= 11 is 12.3. The van der Waals surface area contributed by atoms with E-state index in [1.807, 2.05) is 0 Å². The average Bonchev–Trinajstić information content (AvgIpc) is 2.74. The van der Waals surface area contributed by atoms with Crippen molar-refractivity contribution in [2.75, 3.05) is 17.1 Å². The fraction of sp³-hybridized carbons (Fsp3) is 0.391. The van der Waals surface area contributed by atoms with Crippen molar-refractivity contribution in [1.82, 2.24) is 10.2 Å². The molecule has 0 aliphatic carbocycles. The van der Waals surface area contributed by atoms with Crippen LogP contribution < -0.4 is 9.62 Å². The number of amides is 2. The van der Waals surface area contributed by atoms with Gasteiger partial charge in [0.1, 0.15) is 12.6 Å². The van der Waals surface area contributed by atoms with E-state index < -0.39 is 51.9 Å². The van der Waals surface area contributed by atoms with Gasteiger partial charge in [-0.1, -0.05) is 41.4 Å². The molecule has 0 aromatic heterocycles. The van der Waals surface area contributed by atoms with E-state index >= 15 is 0 Å². The first kappa shape index (κ1) is 29.7. The number of hydrogen-bond acceptors (Lipinski definition) is 4. The predicted molar refractivity (Wildman–Crippen MR) is 133 cm³/mol. The highest BCUT2D eigenvalue weighted by Gasteiger charge is 2.34. The van der Waals surface area contributed by atoms with Crippen LogP contribution in [0.4, 0.5) is 18.9 Å². The number of halogens is 5. The van der Waals surface area contributed by atoms with E-state index in [9.17, 15) is 31.2 Å². The van der Waals surface area contributed by atoms with Crippen molar-refractivity contribution in [2.24, 2.45) is 0 Å². The highest BCUT2D eigenvalue weighted by atomic mass is 35.5. The number of sulfonamides is 1. The number of nitrogens with one attached hydrogen (secondary N) is 1. The van der Waals surface area contributed by atoms with Crippen molar-refractivity contribution in [3.8, 4) is 0 Å². The van der Waals surface area contributed by atoms with Gasteiger partial charge in [0.15, 0.2) is 0 Å². The first-order valence-electron chi connectivity index (χ1n) is 10.7. The summed E-state index contributed by atoms with van der Waals surface area (Å²) in [6.45, 7) is 3.86. The zero-order valence-corrected chi connectivity index (χ0v) is 22.3. The van der Waals surface area contributed by atoms with E-state index in [4.69, 9.17) is 23.2 Å². The molecule has 7 nitrogen and oxygen atoms in total. The van der Waals surface area contributed by atoms with Crippen LogP contribution in [0.5, 0.6) is 0 Å². The molecule has 1 unspecified atom stereocenters. The Labute approximate surface area is 218 Å². The van der Waals surface area contributed by atoms with Crippen molar-refractivity contribution >= 4 is 50.7 Å². The van der Waals surface area contributed by atoms with Crippen molar-refractivity contribution < 1.29 is 31.2 Å². The molecule has 2 amide bonds. The van der Waals surface area contributed by atoms with Crippen LogP contribution in [-0.4, -0.2) is 50.0 Å². The fourth-order valence-electron chi connectivity index (χ4n) is 3.27. The maximum absolute atomic E-state index is 13.4. The fourth-order valence-corrected chi connectivity index (χ4v) is 4.59. The van der Waals surface area contributed by atoms with Crippen LogP contribution in [-0.2, 0) is 32.3 Å². The minimum atomic E-state index is -4.77. The third-order valence-electron chi connectivity index (χ3n) is 5.12. The van der Waals surface area contributed by atoms with Crippen LogP contribution >= 0.6 is 23.2 Å². The smallest absolute Gasteiger partial charge is 0.352 e. The average molecular weight is 568 g/mol. The van der Waals surface area contributed by atoms with Gasteiger partial charge >= 0.3 is 6.18 Å². The lowest BCUT2D eigenvalue weighted by molar-refractivity contribution is -0.139. The second-order valence-corrected chi connectivity index (χ2v) is 11.1. The Bertz CT molecular complexity index is 1220. The molecule has 13 heteroatoms. The predicted octanol–water partition coefficient (Wildman–Crippen LogP) is 4.72. The second-order valence-electron chi connectivity index (χ2n) is 8.39. The van der Waals surface area contributed by atoms with Gasteiger partial charge in [-0.25, -0.2) is 8.42 Å². The molecule has 0 spiro atoms. The molecule has 0 bridgehead atoms. The zero-order chi connectivity index (χ0) is 27.4. The van der Waals surface area contributed by atoms with Crippen molar-refractivity contribution in [3.63, 3.8) is 0 Å². The number of hydrogen-bond donors (Lipinski definition) is 1. The Morgan fingerprint density at radius 2 is 1.64 bits per heavy atom. The Kier molecular flexibility index (Phi) is 9.66. The van der Waals surface area contributed by atoms with Crippen molar-refractivity contribution in [2.45, 2.75) is 45.6 Å². The highest BCUT2D eigenvalue weighted by molar-refractivity contribution is 7.92. The van der Waals surface area contributed by atoms with Gasteiger partial charge in [-0.2, -0.15) is 13.2 Å². The van der Waals surface area contributed by atoms with Gasteiger partial charge in [-0.15, -0.1) is 0 Å². The summed E-state index contributed by atoms with van der Waals surface area (Å²) in [5.74, 6) is -1.35. The first-order chi connectivity index (χ1) is 16.5. The molecule has 0 heterocycles. The molecular weight excluding hydrogens is 542 g/mol. The molecule has 2 rings (SSSR count). The SMILES string of the molecule is CC(C)NC(=O)C(C)N(Cc1ccccc1Cl)C(=O)CN(c1cc(C(F)(F)F)ccc1Cl)S(C)(=O)=O. The Morgan fingerprint density at radius 1 is 1.03 bits per heavy atom. The molecule has 198 valence electrons. The molecule has 0 saturated heterocycles. The lowest BCUT2D eigenvalue weighted by Gasteiger charge is -2.32. The molecule has 0 aliphatic rings. The number of carbonyl (C=O) groups excluding carboxylic acids is 2. The van der Waals surface area contributed by atoms with E-state index in [0.29, 0.717) is 27.0 Å². The molecule has 1 N–H and O–H groups in total. The molecular formula is C23H26Cl2F3N3O4S. The van der Waals surface area contributed by atoms with Crippen LogP contribution in [0.2, 0.25) is 10.0 Å². The summed E-state index contributed by atoms with van der Waals surface area (Å²) in [4.78, 5) is 27.3.